The molecular formula is C37H56N2O11. The smallest absolute Gasteiger partial charge is 0.410 e. The van der Waals surface area contributed by atoms with E-state index in [9.17, 15) is 9.59 Å². The van der Waals surface area contributed by atoms with Gasteiger partial charge >= 0.3 is 12.2 Å². The largest absolute Gasteiger partial charge is 0.449 e. The van der Waals surface area contributed by atoms with Crippen LogP contribution in [0.4, 0.5) is 9.59 Å². The Balaban J connectivity index is 1.00. The van der Waals surface area contributed by atoms with E-state index >= 15 is 0 Å². The molecule has 0 saturated heterocycles. The number of hydrogen-bond acceptors (Lipinski definition) is 11. The summed E-state index contributed by atoms with van der Waals surface area (Å²) in [5, 5.41) is 2.74. The molecule has 0 fully saturated rings. The first-order valence-corrected chi connectivity index (χ1v) is 17.3. The first-order chi connectivity index (χ1) is 24.3. The second kappa shape index (κ2) is 24.0. The van der Waals surface area contributed by atoms with Crippen LogP contribution >= 0.6 is 0 Å². The van der Waals surface area contributed by atoms with Crippen LogP contribution in [0.15, 0.2) is 48.5 Å². The van der Waals surface area contributed by atoms with Crippen LogP contribution in [0.5, 0.6) is 0 Å². The highest BCUT2D eigenvalue weighted by Gasteiger charge is 2.29. The van der Waals surface area contributed by atoms with E-state index in [0.717, 1.165) is 0 Å². The Morgan fingerprint density at radius 3 is 1.46 bits per heavy atom. The number of carbonyl (C=O) groups is 2. The molecule has 0 unspecified atom stereocenters. The summed E-state index contributed by atoms with van der Waals surface area (Å²) in [5.74, 6) is 0.0350. The number of rotatable bonds is 26. The zero-order valence-corrected chi connectivity index (χ0v) is 30.2. The molecule has 2 aromatic carbocycles. The number of alkyl carbamates (subject to hydrolysis) is 1. The molecule has 0 bridgehead atoms. The van der Waals surface area contributed by atoms with Gasteiger partial charge < -0.3 is 52.8 Å². The summed E-state index contributed by atoms with van der Waals surface area (Å²) in [4.78, 5) is 25.6. The minimum atomic E-state index is -0.515. The maximum absolute atomic E-state index is 12.2. The molecule has 0 aliphatic heterocycles. The molecule has 0 radical (unpaired) electrons. The van der Waals surface area contributed by atoms with Crippen molar-refractivity contribution < 1.29 is 52.2 Å². The Hall–Kier alpha value is -3.30. The van der Waals surface area contributed by atoms with Crippen LogP contribution in [0.3, 0.4) is 0 Å². The lowest BCUT2D eigenvalue weighted by molar-refractivity contribution is -0.0211. The molecule has 1 N–H and O–H groups in total. The van der Waals surface area contributed by atoms with Crippen molar-refractivity contribution in [2.45, 2.75) is 32.3 Å². The molecule has 1 aliphatic rings. The highest BCUT2D eigenvalue weighted by atomic mass is 16.6. The van der Waals surface area contributed by atoms with E-state index in [0.29, 0.717) is 106 Å². The van der Waals surface area contributed by atoms with E-state index in [1.807, 2.05) is 45.0 Å². The molecule has 1 aliphatic carbocycles. The molecule has 13 heteroatoms. The topological polar surface area (TPSA) is 132 Å². The van der Waals surface area contributed by atoms with E-state index in [4.69, 9.17) is 42.6 Å². The first kappa shape index (κ1) is 41.1. The number of ether oxygens (including phenoxy) is 9. The lowest BCUT2D eigenvalue weighted by Gasteiger charge is -2.24. The summed E-state index contributed by atoms with van der Waals surface area (Å²) < 4.78 is 49.3. The third kappa shape index (κ3) is 16.6. The average molecular weight is 705 g/mol. The van der Waals surface area contributed by atoms with Gasteiger partial charge in [0, 0.05) is 26.1 Å². The van der Waals surface area contributed by atoms with Crippen LogP contribution in [-0.2, 0) is 42.6 Å². The fourth-order valence-corrected chi connectivity index (χ4v) is 4.93. The van der Waals surface area contributed by atoms with Crippen LogP contribution in [0.25, 0.3) is 11.1 Å². The predicted molar refractivity (Wildman–Crippen MR) is 188 cm³/mol. The molecule has 280 valence electrons. The third-order valence-electron chi connectivity index (χ3n) is 7.37. The second-order valence-electron chi connectivity index (χ2n) is 12.4. The number of likely N-dealkylation sites (N-methyl/N-ethyl adjacent to an activating group) is 1. The van der Waals surface area contributed by atoms with Crippen LogP contribution in [0.2, 0.25) is 0 Å². The Labute approximate surface area is 296 Å². The van der Waals surface area contributed by atoms with E-state index in [2.05, 4.69) is 29.6 Å². The monoisotopic (exact) mass is 704 g/mol. The SMILES string of the molecule is CN(CCOCCOCCOCCOCCOCCOCCOCCNC(=O)OCC1c2ccccc2-c2ccccc21)C(=O)OC(C)(C)C. The number of amides is 2. The van der Waals surface area contributed by atoms with Gasteiger partial charge in [0.05, 0.1) is 92.5 Å². The van der Waals surface area contributed by atoms with Crippen LogP contribution in [0.1, 0.15) is 37.8 Å². The number of nitrogens with one attached hydrogen (secondary N) is 1. The van der Waals surface area contributed by atoms with Crippen molar-refractivity contribution in [2.24, 2.45) is 0 Å². The summed E-state index contributed by atoms with van der Waals surface area (Å²) in [6.07, 6.45) is -0.823. The van der Waals surface area contributed by atoms with Gasteiger partial charge in [0.2, 0.25) is 0 Å². The molecule has 0 atom stereocenters. The van der Waals surface area contributed by atoms with Gasteiger partial charge in [-0.3, -0.25) is 0 Å². The van der Waals surface area contributed by atoms with Gasteiger partial charge in [0.15, 0.2) is 0 Å². The van der Waals surface area contributed by atoms with Crippen molar-refractivity contribution in [3.63, 3.8) is 0 Å². The standard InChI is InChI=1S/C37H56N2O11/c1-37(2,3)50-36(41)39(4)14-16-43-18-20-45-22-24-47-26-28-48-27-25-46-23-21-44-19-17-42-15-13-38-35(40)49-29-34-32-11-7-5-9-30(32)31-10-6-8-12-33(31)34/h5-12,34H,13-29H2,1-4H3,(H,38,40). The quantitative estimate of drug-likeness (QED) is 0.139. The molecule has 50 heavy (non-hydrogen) atoms. The Bertz CT molecular complexity index is 1190. The average Bonchev–Trinajstić information content (AvgIpc) is 3.41. The number of hydrogen-bond donors (Lipinski definition) is 1. The lowest BCUT2D eigenvalue weighted by atomic mass is 9.98. The number of nitrogens with zero attached hydrogens (tertiary/aromatic N) is 1. The number of benzene rings is 2. The minimum absolute atomic E-state index is 0.0350. The van der Waals surface area contributed by atoms with Gasteiger partial charge in [-0.15, -0.1) is 0 Å². The Kier molecular flexibility index (Phi) is 19.7. The molecule has 2 amide bonds. The summed E-state index contributed by atoms with van der Waals surface area (Å²) in [7, 11) is 1.68. The lowest BCUT2D eigenvalue weighted by Crippen LogP contribution is -2.36. The van der Waals surface area contributed by atoms with E-state index in [1.165, 1.54) is 27.2 Å². The van der Waals surface area contributed by atoms with Gasteiger partial charge in [-0.25, -0.2) is 9.59 Å². The van der Waals surface area contributed by atoms with Crippen molar-refractivity contribution in [1.29, 1.82) is 0 Å². The minimum Gasteiger partial charge on any atom is -0.449 e. The Morgan fingerprint density at radius 1 is 0.620 bits per heavy atom. The number of carbonyl (C=O) groups excluding carboxylic acids is 2. The molecule has 13 nitrogen and oxygen atoms in total. The van der Waals surface area contributed by atoms with Gasteiger partial charge in [-0.1, -0.05) is 48.5 Å². The predicted octanol–water partition coefficient (Wildman–Crippen LogP) is 4.51. The molecular weight excluding hydrogens is 648 g/mol. The van der Waals surface area contributed by atoms with Gasteiger partial charge in [0.1, 0.15) is 12.2 Å². The molecule has 0 saturated carbocycles. The summed E-state index contributed by atoms with van der Waals surface area (Å²) in [6, 6.07) is 16.5. The van der Waals surface area contributed by atoms with Crippen molar-refractivity contribution in [1.82, 2.24) is 10.2 Å². The van der Waals surface area contributed by atoms with Crippen molar-refractivity contribution in [2.75, 3.05) is 119 Å². The summed E-state index contributed by atoms with van der Waals surface area (Å²) in [6.45, 7) is 12.9. The number of fused-ring (bicyclic) bond motifs is 3. The molecule has 2 aromatic rings. The van der Waals surface area contributed by atoms with Gasteiger partial charge in [0.25, 0.3) is 0 Å². The molecule has 3 rings (SSSR count). The second-order valence-corrected chi connectivity index (χ2v) is 12.4. The molecule has 0 spiro atoms. The van der Waals surface area contributed by atoms with Gasteiger partial charge in [-0.05, 0) is 43.0 Å². The van der Waals surface area contributed by atoms with Gasteiger partial charge in [-0.2, -0.15) is 0 Å². The van der Waals surface area contributed by atoms with Crippen LogP contribution in [-0.4, -0.2) is 142 Å². The van der Waals surface area contributed by atoms with E-state index < -0.39 is 11.7 Å². The Morgan fingerprint density at radius 2 is 1.02 bits per heavy atom. The maximum atomic E-state index is 12.2. The van der Waals surface area contributed by atoms with Crippen LogP contribution < -0.4 is 5.32 Å². The third-order valence-corrected chi connectivity index (χ3v) is 7.37. The molecule has 0 aromatic heterocycles. The van der Waals surface area contributed by atoms with Crippen molar-refractivity contribution >= 4 is 12.2 Å². The zero-order chi connectivity index (χ0) is 35.9. The molecule has 0 heterocycles. The highest BCUT2D eigenvalue weighted by molar-refractivity contribution is 5.79. The van der Waals surface area contributed by atoms with Crippen molar-refractivity contribution in [3.05, 3.63) is 59.7 Å². The first-order valence-electron chi connectivity index (χ1n) is 17.3. The van der Waals surface area contributed by atoms with E-state index in [-0.39, 0.29) is 18.6 Å². The highest BCUT2D eigenvalue weighted by Crippen LogP contribution is 2.44. The normalized spacial score (nSPS) is 12.4. The van der Waals surface area contributed by atoms with Crippen molar-refractivity contribution in [3.8, 4) is 11.1 Å². The fraction of sp³-hybridized carbons (Fsp3) is 0.622. The van der Waals surface area contributed by atoms with E-state index in [1.54, 1.807) is 7.05 Å². The fourth-order valence-electron chi connectivity index (χ4n) is 4.93. The van der Waals surface area contributed by atoms with Crippen LogP contribution in [0, 0.1) is 0 Å². The summed E-state index contributed by atoms with van der Waals surface area (Å²) >= 11 is 0. The maximum Gasteiger partial charge on any atom is 0.410 e. The summed E-state index contributed by atoms with van der Waals surface area (Å²) in [5.41, 5.74) is 4.25. The zero-order valence-electron chi connectivity index (χ0n) is 30.2.